The van der Waals surface area contributed by atoms with Crippen LogP contribution in [0.3, 0.4) is 0 Å². The van der Waals surface area contributed by atoms with Crippen molar-refractivity contribution in [2.24, 2.45) is 0 Å². The zero-order chi connectivity index (χ0) is 11.4. The number of hydrogen-bond acceptors (Lipinski definition) is 5. The predicted octanol–water partition coefficient (Wildman–Crippen LogP) is 1.72. The SMILES string of the molecule is O=C(OCc1ccco1)c1ccc(CO)o1. The summed E-state index contributed by atoms with van der Waals surface area (Å²) >= 11 is 0. The molecule has 0 aliphatic carbocycles. The average Bonchev–Trinajstić information content (AvgIpc) is 2.96. The molecule has 0 aromatic carbocycles. The number of aliphatic hydroxyl groups excluding tert-OH is 1. The number of rotatable bonds is 4. The predicted molar refractivity (Wildman–Crippen MR) is 52.5 cm³/mol. The topological polar surface area (TPSA) is 72.8 Å². The normalized spacial score (nSPS) is 10.3. The molecule has 0 radical (unpaired) electrons. The molecule has 0 amide bonds. The van der Waals surface area contributed by atoms with Crippen LogP contribution in [0.15, 0.2) is 39.4 Å². The van der Waals surface area contributed by atoms with Gasteiger partial charge in [-0.25, -0.2) is 4.79 Å². The molecule has 84 valence electrons. The summed E-state index contributed by atoms with van der Waals surface area (Å²) in [6.45, 7) is -0.188. The highest BCUT2D eigenvalue weighted by atomic mass is 16.6. The maximum atomic E-state index is 11.4. The highest BCUT2D eigenvalue weighted by Gasteiger charge is 2.12. The molecule has 2 rings (SSSR count). The molecule has 1 N–H and O–H groups in total. The van der Waals surface area contributed by atoms with Crippen LogP contribution in [0.5, 0.6) is 0 Å². The standard InChI is InChI=1S/C11H10O5/c12-6-8-3-4-10(16-8)11(13)15-7-9-2-1-5-14-9/h1-5,12H,6-7H2. The van der Waals surface area contributed by atoms with E-state index in [4.69, 9.17) is 18.7 Å². The molecule has 2 heterocycles. The monoisotopic (exact) mass is 222 g/mol. The molecule has 0 aliphatic rings. The van der Waals surface area contributed by atoms with E-state index in [2.05, 4.69) is 0 Å². The number of carbonyl (C=O) groups excluding carboxylic acids is 1. The molecule has 2 aromatic rings. The van der Waals surface area contributed by atoms with Gasteiger partial charge in [-0.15, -0.1) is 0 Å². The van der Waals surface area contributed by atoms with E-state index in [0.29, 0.717) is 11.5 Å². The van der Waals surface area contributed by atoms with Gasteiger partial charge in [-0.2, -0.15) is 0 Å². The van der Waals surface area contributed by atoms with Crippen molar-refractivity contribution < 1.29 is 23.5 Å². The Hall–Kier alpha value is -2.01. The summed E-state index contributed by atoms with van der Waals surface area (Å²) in [4.78, 5) is 11.4. The van der Waals surface area contributed by atoms with E-state index < -0.39 is 5.97 Å². The number of furan rings is 2. The fourth-order valence-electron chi connectivity index (χ4n) is 1.18. The van der Waals surface area contributed by atoms with Crippen LogP contribution in [0, 0.1) is 0 Å². The van der Waals surface area contributed by atoms with Crippen molar-refractivity contribution in [3.05, 3.63) is 47.8 Å². The Balaban J connectivity index is 1.93. The average molecular weight is 222 g/mol. The number of carbonyl (C=O) groups is 1. The van der Waals surface area contributed by atoms with Crippen LogP contribution in [-0.4, -0.2) is 11.1 Å². The summed E-state index contributed by atoms with van der Waals surface area (Å²) in [5, 5.41) is 8.75. The molecular weight excluding hydrogens is 212 g/mol. The van der Waals surface area contributed by atoms with Gasteiger partial charge in [0.1, 0.15) is 24.7 Å². The van der Waals surface area contributed by atoms with Gasteiger partial charge in [0.2, 0.25) is 5.76 Å². The molecular formula is C11H10O5. The van der Waals surface area contributed by atoms with Crippen molar-refractivity contribution >= 4 is 5.97 Å². The van der Waals surface area contributed by atoms with Crippen molar-refractivity contribution in [3.63, 3.8) is 0 Å². The van der Waals surface area contributed by atoms with Gasteiger partial charge in [-0.3, -0.25) is 0 Å². The molecule has 5 nitrogen and oxygen atoms in total. The van der Waals surface area contributed by atoms with Crippen LogP contribution in [0.25, 0.3) is 0 Å². The van der Waals surface area contributed by atoms with Gasteiger partial charge in [0.05, 0.1) is 6.26 Å². The van der Waals surface area contributed by atoms with Gasteiger partial charge in [0.25, 0.3) is 0 Å². The molecule has 5 heteroatoms. The van der Waals surface area contributed by atoms with Crippen molar-refractivity contribution in [3.8, 4) is 0 Å². The van der Waals surface area contributed by atoms with Gasteiger partial charge in [-0.1, -0.05) is 0 Å². The van der Waals surface area contributed by atoms with Crippen LogP contribution < -0.4 is 0 Å². The van der Waals surface area contributed by atoms with E-state index in [0.717, 1.165) is 0 Å². The van der Waals surface area contributed by atoms with Crippen molar-refractivity contribution in [1.29, 1.82) is 0 Å². The molecule has 2 aromatic heterocycles. The second-order valence-electron chi connectivity index (χ2n) is 3.08. The van der Waals surface area contributed by atoms with Gasteiger partial charge in [0, 0.05) is 0 Å². The molecule has 0 aliphatic heterocycles. The Labute approximate surface area is 91.2 Å². The largest absolute Gasteiger partial charge is 0.466 e. The lowest BCUT2D eigenvalue weighted by Crippen LogP contribution is -2.03. The van der Waals surface area contributed by atoms with E-state index in [1.165, 1.54) is 18.4 Å². The summed E-state index contributed by atoms with van der Waals surface area (Å²) in [5.74, 6) is 0.360. The third kappa shape index (κ3) is 2.32. The van der Waals surface area contributed by atoms with Gasteiger partial charge in [0.15, 0.2) is 0 Å². The minimum Gasteiger partial charge on any atom is -0.466 e. The van der Waals surface area contributed by atoms with E-state index in [-0.39, 0.29) is 19.0 Å². The van der Waals surface area contributed by atoms with Gasteiger partial charge in [-0.05, 0) is 24.3 Å². The Kier molecular flexibility index (Phi) is 3.07. The summed E-state index contributed by atoms with van der Waals surface area (Å²) in [7, 11) is 0. The van der Waals surface area contributed by atoms with E-state index >= 15 is 0 Å². The highest BCUT2D eigenvalue weighted by molar-refractivity contribution is 5.86. The van der Waals surface area contributed by atoms with Crippen molar-refractivity contribution in [1.82, 2.24) is 0 Å². The van der Waals surface area contributed by atoms with E-state index in [1.807, 2.05) is 0 Å². The minimum atomic E-state index is -0.587. The van der Waals surface area contributed by atoms with Crippen molar-refractivity contribution in [2.45, 2.75) is 13.2 Å². The highest BCUT2D eigenvalue weighted by Crippen LogP contribution is 2.10. The summed E-state index contributed by atoms with van der Waals surface area (Å²) < 4.78 is 14.9. The van der Waals surface area contributed by atoms with E-state index in [9.17, 15) is 4.79 Å². The maximum absolute atomic E-state index is 11.4. The molecule has 0 unspecified atom stereocenters. The van der Waals surface area contributed by atoms with Crippen molar-refractivity contribution in [2.75, 3.05) is 0 Å². The Morgan fingerprint density at radius 1 is 1.31 bits per heavy atom. The molecule has 0 saturated heterocycles. The zero-order valence-electron chi connectivity index (χ0n) is 8.38. The lowest BCUT2D eigenvalue weighted by Gasteiger charge is -1.99. The molecule has 0 atom stereocenters. The maximum Gasteiger partial charge on any atom is 0.374 e. The minimum absolute atomic E-state index is 0.0565. The Bertz CT molecular complexity index is 454. The van der Waals surface area contributed by atoms with Crippen LogP contribution in [-0.2, 0) is 18.0 Å². The first kappa shape index (κ1) is 10.5. The number of esters is 1. The lowest BCUT2D eigenvalue weighted by atomic mass is 10.4. The van der Waals surface area contributed by atoms with Gasteiger partial charge < -0.3 is 18.7 Å². The Morgan fingerprint density at radius 2 is 2.19 bits per heavy atom. The first-order valence-electron chi connectivity index (χ1n) is 4.68. The fourth-order valence-corrected chi connectivity index (χ4v) is 1.18. The van der Waals surface area contributed by atoms with E-state index in [1.54, 1.807) is 12.1 Å². The Morgan fingerprint density at radius 3 is 2.81 bits per heavy atom. The third-order valence-electron chi connectivity index (χ3n) is 1.94. The molecule has 16 heavy (non-hydrogen) atoms. The zero-order valence-corrected chi connectivity index (χ0v) is 8.38. The van der Waals surface area contributed by atoms with Crippen LogP contribution in [0.2, 0.25) is 0 Å². The summed E-state index contributed by atoms with van der Waals surface area (Å²) in [5.41, 5.74) is 0. The molecule has 0 saturated carbocycles. The summed E-state index contributed by atoms with van der Waals surface area (Å²) in [6, 6.07) is 6.38. The smallest absolute Gasteiger partial charge is 0.374 e. The lowest BCUT2D eigenvalue weighted by molar-refractivity contribution is 0.0405. The second-order valence-corrected chi connectivity index (χ2v) is 3.08. The third-order valence-corrected chi connectivity index (χ3v) is 1.94. The van der Waals surface area contributed by atoms with Crippen LogP contribution in [0.1, 0.15) is 22.1 Å². The molecule has 0 fully saturated rings. The van der Waals surface area contributed by atoms with Crippen LogP contribution in [0.4, 0.5) is 0 Å². The number of aliphatic hydroxyl groups is 1. The second kappa shape index (κ2) is 4.67. The first-order chi connectivity index (χ1) is 7.79. The summed E-state index contributed by atoms with van der Waals surface area (Å²) in [6.07, 6.45) is 1.50. The number of ether oxygens (including phenoxy) is 1. The molecule has 0 spiro atoms. The molecule has 0 bridgehead atoms. The van der Waals surface area contributed by atoms with Gasteiger partial charge >= 0.3 is 5.97 Å². The fraction of sp³-hybridized carbons (Fsp3) is 0.182. The quantitative estimate of drug-likeness (QED) is 0.797. The number of hydrogen-bond donors (Lipinski definition) is 1. The first-order valence-corrected chi connectivity index (χ1v) is 4.68. The van der Waals surface area contributed by atoms with Crippen LogP contribution >= 0.6 is 0 Å².